The maximum absolute atomic E-state index is 11.9. The Kier molecular flexibility index (Phi) is 7.40. The van der Waals surface area contributed by atoms with Crippen molar-refractivity contribution < 1.29 is 13.6 Å². The van der Waals surface area contributed by atoms with E-state index in [9.17, 15) is 4.57 Å². The van der Waals surface area contributed by atoms with E-state index in [-0.39, 0.29) is 6.10 Å². The van der Waals surface area contributed by atoms with E-state index in [2.05, 4.69) is 9.99 Å². The minimum absolute atomic E-state index is 0.114. The van der Waals surface area contributed by atoms with E-state index in [1.807, 2.05) is 27.9 Å². The maximum Gasteiger partial charge on any atom is 0.405 e. The predicted molar refractivity (Wildman–Crippen MR) is 62.0 cm³/mol. The molecule has 0 radical (unpaired) electrons. The molecule has 0 heterocycles. The van der Waals surface area contributed by atoms with Crippen LogP contribution in [0.3, 0.4) is 0 Å². The fourth-order valence-electron chi connectivity index (χ4n) is 1.03. The molecule has 1 N–H and O–H groups in total. The number of hydrogen-bond acceptors (Lipinski definition) is 4. The van der Waals surface area contributed by atoms with Crippen molar-refractivity contribution in [3.8, 4) is 0 Å². The van der Waals surface area contributed by atoms with E-state index in [4.69, 9.17) is 9.05 Å². The standard InChI is InChI=1S/C9H23N2O3P/c1-9(2)14-15(12,13-5)10-7-6-8-11(3)4/h9H,6-8H2,1-5H3,(H,10,12). The van der Waals surface area contributed by atoms with Crippen LogP contribution in [0.4, 0.5) is 0 Å². The second-order valence-corrected chi connectivity index (χ2v) is 5.79. The SMILES string of the molecule is COP(=O)(NCCCN(C)C)OC(C)C. The van der Waals surface area contributed by atoms with Crippen LogP contribution in [0.15, 0.2) is 0 Å². The van der Waals surface area contributed by atoms with Crippen LogP contribution in [0.1, 0.15) is 20.3 Å². The molecule has 0 amide bonds. The van der Waals surface area contributed by atoms with Gasteiger partial charge in [-0.2, -0.15) is 0 Å². The van der Waals surface area contributed by atoms with E-state index in [1.165, 1.54) is 7.11 Å². The van der Waals surface area contributed by atoms with Gasteiger partial charge in [0, 0.05) is 13.7 Å². The number of nitrogens with zero attached hydrogens (tertiary/aromatic N) is 1. The van der Waals surface area contributed by atoms with Gasteiger partial charge in [-0.15, -0.1) is 0 Å². The summed E-state index contributed by atoms with van der Waals surface area (Å²) in [4.78, 5) is 2.07. The smallest absolute Gasteiger partial charge is 0.309 e. The van der Waals surface area contributed by atoms with Crippen LogP contribution < -0.4 is 5.09 Å². The molecule has 0 aromatic rings. The van der Waals surface area contributed by atoms with Crippen molar-refractivity contribution >= 4 is 7.75 Å². The molecule has 1 atom stereocenters. The summed E-state index contributed by atoms with van der Waals surface area (Å²) in [6, 6.07) is 0. The van der Waals surface area contributed by atoms with Gasteiger partial charge in [-0.3, -0.25) is 4.52 Å². The Morgan fingerprint density at radius 3 is 2.40 bits per heavy atom. The third kappa shape index (κ3) is 7.94. The first-order valence-electron chi connectivity index (χ1n) is 5.13. The minimum atomic E-state index is -3.08. The molecule has 0 aromatic carbocycles. The topological polar surface area (TPSA) is 50.8 Å². The van der Waals surface area contributed by atoms with Crippen molar-refractivity contribution in [3.05, 3.63) is 0 Å². The molecule has 0 spiro atoms. The first-order valence-corrected chi connectivity index (χ1v) is 6.68. The number of rotatable bonds is 8. The lowest BCUT2D eigenvalue weighted by molar-refractivity contribution is 0.179. The van der Waals surface area contributed by atoms with Gasteiger partial charge in [-0.1, -0.05) is 0 Å². The van der Waals surface area contributed by atoms with Crippen molar-refractivity contribution in [2.75, 3.05) is 34.3 Å². The fourth-order valence-corrected chi connectivity index (χ4v) is 2.31. The number of hydrogen-bond donors (Lipinski definition) is 1. The van der Waals surface area contributed by atoms with Crippen LogP contribution in [0.2, 0.25) is 0 Å². The van der Waals surface area contributed by atoms with Crippen LogP contribution in [-0.2, 0) is 13.6 Å². The van der Waals surface area contributed by atoms with Crippen LogP contribution in [0, 0.1) is 0 Å². The van der Waals surface area contributed by atoms with E-state index in [0.29, 0.717) is 6.54 Å². The summed E-state index contributed by atoms with van der Waals surface area (Å²) in [5.41, 5.74) is 0. The highest BCUT2D eigenvalue weighted by atomic mass is 31.2. The highest BCUT2D eigenvalue weighted by Crippen LogP contribution is 2.43. The summed E-state index contributed by atoms with van der Waals surface area (Å²) < 4.78 is 21.9. The third-order valence-corrected chi connectivity index (χ3v) is 3.47. The summed E-state index contributed by atoms with van der Waals surface area (Å²) in [6.45, 7) is 5.22. The van der Waals surface area contributed by atoms with Gasteiger partial charge in [0.05, 0.1) is 6.10 Å². The molecule has 1 unspecified atom stereocenters. The van der Waals surface area contributed by atoms with Gasteiger partial charge in [-0.25, -0.2) is 9.65 Å². The Morgan fingerprint density at radius 1 is 1.40 bits per heavy atom. The summed E-state index contributed by atoms with van der Waals surface area (Å²) in [6.07, 6.45) is 0.791. The Bertz CT molecular complexity index is 210. The second-order valence-electron chi connectivity index (χ2n) is 3.90. The lowest BCUT2D eigenvalue weighted by Gasteiger charge is -2.19. The van der Waals surface area contributed by atoms with Gasteiger partial charge in [-0.05, 0) is 40.9 Å². The zero-order chi connectivity index (χ0) is 11.9. The van der Waals surface area contributed by atoms with E-state index in [1.54, 1.807) is 0 Å². The van der Waals surface area contributed by atoms with E-state index in [0.717, 1.165) is 13.0 Å². The third-order valence-electron chi connectivity index (χ3n) is 1.68. The molecule has 5 nitrogen and oxygen atoms in total. The molecule has 0 aliphatic heterocycles. The highest BCUT2D eigenvalue weighted by molar-refractivity contribution is 7.51. The molecule has 92 valence electrons. The quantitative estimate of drug-likeness (QED) is 0.515. The second kappa shape index (κ2) is 7.36. The summed E-state index contributed by atoms with van der Waals surface area (Å²) in [7, 11) is 2.31. The maximum atomic E-state index is 11.9. The Morgan fingerprint density at radius 2 is 2.00 bits per heavy atom. The molecule has 0 fully saturated rings. The van der Waals surface area contributed by atoms with Crippen LogP contribution in [0.25, 0.3) is 0 Å². The first-order chi connectivity index (χ1) is 6.89. The minimum Gasteiger partial charge on any atom is -0.309 e. The van der Waals surface area contributed by atoms with Crippen molar-refractivity contribution in [1.82, 2.24) is 9.99 Å². The van der Waals surface area contributed by atoms with Gasteiger partial charge in [0.15, 0.2) is 0 Å². The normalized spacial score (nSPS) is 15.9. The average molecular weight is 238 g/mol. The van der Waals surface area contributed by atoms with Crippen LogP contribution >= 0.6 is 7.75 Å². The van der Waals surface area contributed by atoms with Crippen molar-refractivity contribution in [2.24, 2.45) is 0 Å². The van der Waals surface area contributed by atoms with Gasteiger partial charge >= 0.3 is 7.75 Å². The monoisotopic (exact) mass is 238 g/mol. The Hall–Kier alpha value is 0.0700. The van der Waals surface area contributed by atoms with Crippen molar-refractivity contribution in [2.45, 2.75) is 26.4 Å². The molecule has 0 saturated carbocycles. The van der Waals surface area contributed by atoms with E-state index < -0.39 is 7.75 Å². The molecule has 6 heteroatoms. The lowest BCUT2D eigenvalue weighted by atomic mass is 10.4. The zero-order valence-corrected chi connectivity index (χ0v) is 11.2. The summed E-state index contributed by atoms with van der Waals surface area (Å²) in [5, 5.41) is 2.82. The van der Waals surface area contributed by atoms with Crippen molar-refractivity contribution in [1.29, 1.82) is 0 Å². The molecule has 0 saturated heterocycles. The Labute approximate surface area is 92.7 Å². The largest absolute Gasteiger partial charge is 0.405 e. The average Bonchev–Trinajstić information content (AvgIpc) is 2.11. The molecule has 0 rings (SSSR count). The van der Waals surface area contributed by atoms with Gasteiger partial charge < -0.3 is 9.42 Å². The van der Waals surface area contributed by atoms with Crippen LogP contribution in [0.5, 0.6) is 0 Å². The molecule has 0 bridgehead atoms. The van der Waals surface area contributed by atoms with E-state index >= 15 is 0 Å². The van der Waals surface area contributed by atoms with Gasteiger partial charge in [0.25, 0.3) is 0 Å². The molecule has 0 aliphatic rings. The fraction of sp³-hybridized carbons (Fsp3) is 1.00. The first kappa shape index (κ1) is 15.1. The summed E-state index contributed by atoms with van der Waals surface area (Å²) >= 11 is 0. The highest BCUT2D eigenvalue weighted by Gasteiger charge is 2.23. The van der Waals surface area contributed by atoms with Crippen molar-refractivity contribution in [3.63, 3.8) is 0 Å². The molecule has 0 aromatic heterocycles. The molecule has 0 aliphatic carbocycles. The number of nitrogens with one attached hydrogen (secondary N) is 1. The summed E-state index contributed by atoms with van der Waals surface area (Å²) in [5.74, 6) is 0. The molecular formula is C9H23N2O3P. The van der Waals surface area contributed by atoms with Gasteiger partial charge in [0.1, 0.15) is 0 Å². The lowest BCUT2D eigenvalue weighted by Crippen LogP contribution is -2.22. The zero-order valence-electron chi connectivity index (χ0n) is 10.3. The molecular weight excluding hydrogens is 215 g/mol. The molecule has 15 heavy (non-hydrogen) atoms. The van der Waals surface area contributed by atoms with Gasteiger partial charge in [0.2, 0.25) is 0 Å². The van der Waals surface area contributed by atoms with Crippen LogP contribution in [-0.4, -0.2) is 45.3 Å². The Balaban J connectivity index is 3.83. The predicted octanol–water partition coefficient (Wildman–Crippen LogP) is 1.71.